The number of amides is 1. The summed E-state index contributed by atoms with van der Waals surface area (Å²) >= 11 is 0. The average molecular weight is 376 g/mol. The zero-order valence-corrected chi connectivity index (χ0v) is 15.8. The van der Waals surface area contributed by atoms with Crippen LogP contribution in [0.25, 0.3) is 0 Å². The number of ether oxygens (including phenoxy) is 1. The molecular formula is C23H24N2O3. The van der Waals surface area contributed by atoms with Crippen LogP contribution in [0.1, 0.15) is 34.5 Å². The minimum atomic E-state index is -0.236. The standard InChI is InChI=1S/C23H24N2O3/c26-23(22-19(12-15-27-22)17-28-21-6-2-1-3-7-21)24-16-18-8-10-20(11-9-18)25-13-4-5-14-25/h1-3,6-12,15H,4-5,13-14,16-17H2,(H,24,26). The molecule has 2 aromatic carbocycles. The molecule has 1 aliphatic rings. The zero-order valence-electron chi connectivity index (χ0n) is 15.8. The second-order valence-corrected chi connectivity index (χ2v) is 6.92. The average Bonchev–Trinajstić information content (AvgIpc) is 3.44. The van der Waals surface area contributed by atoms with Gasteiger partial charge in [-0.1, -0.05) is 30.3 Å². The van der Waals surface area contributed by atoms with Crippen molar-refractivity contribution < 1.29 is 13.9 Å². The van der Waals surface area contributed by atoms with Crippen LogP contribution in [-0.2, 0) is 13.2 Å². The molecule has 0 aliphatic carbocycles. The summed E-state index contributed by atoms with van der Waals surface area (Å²) in [5.41, 5.74) is 3.04. The SMILES string of the molecule is O=C(NCc1ccc(N2CCCC2)cc1)c1occc1COc1ccccc1. The summed E-state index contributed by atoms with van der Waals surface area (Å²) < 4.78 is 11.1. The Morgan fingerprint density at radius 1 is 1.00 bits per heavy atom. The van der Waals surface area contributed by atoms with Crippen molar-refractivity contribution in [3.8, 4) is 5.75 Å². The van der Waals surface area contributed by atoms with Crippen LogP contribution in [0.4, 0.5) is 5.69 Å². The highest BCUT2D eigenvalue weighted by molar-refractivity contribution is 5.92. The Hall–Kier alpha value is -3.21. The van der Waals surface area contributed by atoms with E-state index in [1.807, 2.05) is 30.3 Å². The van der Waals surface area contributed by atoms with E-state index in [0.29, 0.717) is 12.3 Å². The normalized spacial score (nSPS) is 13.5. The third-order valence-electron chi connectivity index (χ3n) is 4.95. The first-order chi connectivity index (χ1) is 13.8. The van der Waals surface area contributed by atoms with Crippen molar-refractivity contribution in [1.29, 1.82) is 0 Å². The maximum atomic E-state index is 12.5. The number of nitrogens with one attached hydrogen (secondary N) is 1. The van der Waals surface area contributed by atoms with Crippen LogP contribution in [-0.4, -0.2) is 19.0 Å². The number of rotatable bonds is 7. The van der Waals surface area contributed by atoms with E-state index >= 15 is 0 Å². The van der Waals surface area contributed by atoms with Gasteiger partial charge in [-0.25, -0.2) is 0 Å². The fraction of sp³-hybridized carbons (Fsp3) is 0.261. The molecule has 1 saturated heterocycles. The molecule has 1 aromatic heterocycles. The van der Waals surface area contributed by atoms with Gasteiger partial charge in [0, 0.05) is 30.9 Å². The first-order valence-corrected chi connectivity index (χ1v) is 9.66. The fourth-order valence-corrected chi connectivity index (χ4v) is 3.39. The molecule has 1 aliphatic heterocycles. The van der Waals surface area contributed by atoms with Gasteiger partial charge in [0.1, 0.15) is 12.4 Å². The number of hydrogen-bond acceptors (Lipinski definition) is 4. The monoisotopic (exact) mass is 376 g/mol. The molecule has 28 heavy (non-hydrogen) atoms. The minimum absolute atomic E-state index is 0.236. The maximum absolute atomic E-state index is 12.5. The number of nitrogens with zero attached hydrogens (tertiary/aromatic N) is 1. The molecule has 5 nitrogen and oxygen atoms in total. The Kier molecular flexibility index (Phi) is 5.61. The molecule has 144 valence electrons. The van der Waals surface area contributed by atoms with Gasteiger partial charge in [-0.15, -0.1) is 0 Å². The van der Waals surface area contributed by atoms with Crippen LogP contribution < -0.4 is 15.0 Å². The third-order valence-corrected chi connectivity index (χ3v) is 4.95. The van der Waals surface area contributed by atoms with Crippen LogP contribution in [0.5, 0.6) is 5.75 Å². The summed E-state index contributed by atoms with van der Waals surface area (Å²) in [6, 6.07) is 19.7. The number of anilines is 1. The molecule has 1 amide bonds. The quantitative estimate of drug-likeness (QED) is 0.664. The lowest BCUT2D eigenvalue weighted by molar-refractivity contribution is 0.0919. The molecule has 0 atom stereocenters. The van der Waals surface area contributed by atoms with Gasteiger partial charge in [0.25, 0.3) is 5.91 Å². The summed E-state index contributed by atoms with van der Waals surface area (Å²) in [4.78, 5) is 14.9. The van der Waals surface area contributed by atoms with Gasteiger partial charge in [-0.2, -0.15) is 0 Å². The Labute approximate surface area is 164 Å². The van der Waals surface area contributed by atoms with Crippen molar-refractivity contribution >= 4 is 11.6 Å². The highest BCUT2D eigenvalue weighted by Gasteiger charge is 2.16. The predicted molar refractivity (Wildman–Crippen MR) is 109 cm³/mol. The van der Waals surface area contributed by atoms with E-state index in [1.54, 1.807) is 6.07 Å². The molecule has 2 heterocycles. The van der Waals surface area contributed by atoms with Crippen molar-refractivity contribution in [2.45, 2.75) is 26.0 Å². The molecule has 5 heteroatoms. The molecule has 1 fully saturated rings. The van der Waals surface area contributed by atoms with Crippen molar-refractivity contribution in [2.24, 2.45) is 0 Å². The van der Waals surface area contributed by atoms with E-state index < -0.39 is 0 Å². The third kappa shape index (κ3) is 4.36. The Morgan fingerprint density at radius 3 is 2.50 bits per heavy atom. The van der Waals surface area contributed by atoms with Gasteiger partial charge in [0.05, 0.1) is 6.26 Å². The lowest BCUT2D eigenvalue weighted by Gasteiger charge is -2.17. The highest BCUT2D eigenvalue weighted by atomic mass is 16.5. The van der Waals surface area contributed by atoms with Crippen LogP contribution in [0.15, 0.2) is 71.3 Å². The number of hydrogen-bond donors (Lipinski definition) is 1. The molecule has 0 spiro atoms. The molecule has 0 unspecified atom stereocenters. The van der Waals surface area contributed by atoms with Gasteiger partial charge in [0.15, 0.2) is 5.76 Å². The van der Waals surface area contributed by atoms with E-state index in [4.69, 9.17) is 9.15 Å². The zero-order chi connectivity index (χ0) is 19.2. The Bertz CT molecular complexity index is 897. The summed E-state index contributed by atoms with van der Waals surface area (Å²) in [5.74, 6) is 0.818. The summed E-state index contributed by atoms with van der Waals surface area (Å²) in [5, 5.41) is 2.93. The lowest BCUT2D eigenvalue weighted by Crippen LogP contribution is -2.23. The van der Waals surface area contributed by atoms with E-state index in [-0.39, 0.29) is 12.5 Å². The maximum Gasteiger partial charge on any atom is 0.287 e. The molecule has 0 bridgehead atoms. The summed E-state index contributed by atoms with van der Waals surface area (Å²) in [6.07, 6.45) is 4.04. The summed E-state index contributed by atoms with van der Waals surface area (Å²) in [6.45, 7) is 3.00. The number of benzene rings is 2. The molecule has 4 rings (SSSR count). The smallest absolute Gasteiger partial charge is 0.287 e. The number of carbonyl (C=O) groups excluding carboxylic acids is 1. The first-order valence-electron chi connectivity index (χ1n) is 9.66. The summed E-state index contributed by atoms with van der Waals surface area (Å²) in [7, 11) is 0. The minimum Gasteiger partial charge on any atom is -0.489 e. The van der Waals surface area contributed by atoms with Crippen molar-refractivity contribution in [1.82, 2.24) is 5.32 Å². The number of para-hydroxylation sites is 1. The van der Waals surface area contributed by atoms with Gasteiger partial charge < -0.3 is 19.4 Å². The van der Waals surface area contributed by atoms with Crippen LogP contribution in [0.2, 0.25) is 0 Å². The fourth-order valence-electron chi connectivity index (χ4n) is 3.39. The highest BCUT2D eigenvalue weighted by Crippen LogP contribution is 2.20. The van der Waals surface area contributed by atoms with E-state index in [0.717, 1.165) is 30.0 Å². The van der Waals surface area contributed by atoms with E-state index in [9.17, 15) is 4.79 Å². The molecular weight excluding hydrogens is 352 g/mol. The van der Waals surface area contributed by atoms with Gasteiger partial charge in [-0.3, -0.25) is 4.79 Å². The van der Waals surface area contributed by atoms with E-state index in [2.05, 4.69) is 34.5 Å². The number of furan rings is 1. The molecule has 0 saturated carbocycles. The Balaban J connectivity index is 1.32. The van der Waals surface area contributed by atoms with Crippen LogP contribution in [0, 0.1) is 0 Å². The van der Waals surface area contributed by atoms with E-state index in [1.165, 1.54) is 24.8 Å². The number of carbonyl (C=O) groups is 1. The second-order valence-electron chi connectivity index (χ2n) is 6.92. The van der Waals surface area contributed by atoms with Crippen molar-refractivity contribution in [2.75, 3.05) is 18.0 Å². The molecule has 3 aromatic rings. The van der Waals surface area contributed by atoms with Crippen molar-refractivity contribution in [3.63, 3.8) is 0 Å². The lowest BCUT2D eigenvalue weighted by atomic mass is 10.2. The predicted octanol–water partition coefficient (Wildman–Crippen LogP) is 4.39. The largest absolute Gasteiger partial charge is 0.489 e. The van der Waals surface area contributed by atoms with Crippen LogP contribution >= 0.6 is 0 Å². The van der Waals surface area contributed by atoms with Gasteiger partial charge in [-0.05, 0) is 48.7 Å². The first kappa shape index (κ1) is 18.2. The van der Waals surface area contributed by atoms with Crippen molar-refractivity contribution in [3.05, 3.63) is 83.8 Å². The van der Waals surface area contributed by atoms with Gasteiger partial charge in [0.2, 0.25) is 0 Å². The molecule has 1 N–H and O–H groups in total. The van der Waals surface area contributed by atoms with Gasteiger partial charge >= 0.3 is 0 Å². The van der Waals surface area contributed by atoms with Crippen LogP contribution in [0.3, 0.4) is 0 Å². The topological polar surface area (TPSA) is 54.7 Å². The second kappa shape index (κ2) is 8.65. The Morgan fingerprint density at radius 2 is 1.75 bits per heavy atom. The molecule has 0 radical (unpaired) electrons.